The van der Waals surface area contributed by atoms with Crippen LogP contribution < -0.4 is 16.0 Å². The highest BCUT2D eigenvalue weighted by Gasteiger charge is 2.24. The minimum Gasteiger partial charge on any atom is -0.444 e. The molecule has 3 N–H and O–H groups in total. The summed E-state index contributed by atoms with van der Waals surface area (Å²) in [5, 5.41) is 9.12. The number of hydrogen-bond donors (Lipinski definition) is 3. The molecule has 0 radical (unpaired) electrons. The normalized spacial score (nSPS) is 12.2. The van der Waals surface area contributed by atoms with Crippen molar-refractivity contribution in [3.63, 3.8) is 0 Å². The van der Waals surface area contributed by atoms with Crippen LogP contribution in [0.3, 0.4) is 0 Å². The SMILES string of the molecule is CCNC(=NCC(=O)N(C)CCc1ccccn1)NCC(C)(C)NC(=O)OC(C)(C)C. The summed E-state index contributed by atoms with van der Waals surface area (Å²) in [6.07, 6.45) is 1.95. The molecule has 9 nitrogen and oxygen atoms in total. The number of guanidine groups is 1. The van der Waals surface area contributed by atoms with Crippen LogP contribution in [-0.2, 0) is 16.0 Å². The van der Waals surface area contributed by atoms with Crippen molar-refractivity contribution in [1.82, 2.24) is 25.8 Å². The van der Waals surface area contributed by atoms with Crippen molar-refractivity contribution in [1.29, 1.82) is 0 Å². The average molecular weight is 435 g/mol. The molecule has 0 unspecified atom stereocenters. The molecule has 1 aromatic heterocycles. The highest BCUT2D eigenvalue weighted by molar-refractivity contribution is 5.85. The zero-order valence-corrected chi connectivity index (χ0v) is 19.9. The maximum absolute atomic E-state index is 12.4. The van der Waals surface area contributed by atoms with Crippen molar-refractivity contribution in [2.24, 2.45) is 4.99 Å². The number of amides is 2. The number of pyridine rings is 1. The smallest absolute Gasteiger partial charge is 0.408 e. The molecule has 0 bridgehead atoms. The number of alkyl carbamates (subject to hydrolysis) is 1. The Balaban J connectivity index is 2.55. The molecule has 0 atom stereocenters. The quantitative estimate of drug-likeness (QED) is 0.405. The van der Waals surface area contributed by atoms with Crippen LogP contribution in [0.15, 0.2) is 29.4 Å². The zero-order valence-electron chi connectivity index (χ0n) is 19.9. The molecule has 1 aromatic rings. The van der Waals surface area contributed by atoms with Gasteiger partial charge < -0.3 is 25.6 Å². The summed E-state index contributed by atoms with van der Waals surface area (Å²) < 4.78 is 5.31. The van der Waals surface area contributed by atoms with Gasteiger partial charge in [0.2, 0.25) is 5.91 Å². The van der Waals surface area contributed by atoms with Crippen LogP contribution in [0.5, 0.6) is 0 Å². The van der Waals surface area contributed by atoms with Gasteiger partial charge in [-0.2, -0.15) is 0 Å². The first-order valence-corrected chi connectivity index (χ1v) is 10.6. The largest absolute Gasteiger partial charge is 0.444 e. The van der Waals surface area contributed by atoms with Crippen molar-refractivity contribution in [2.75, 3.05) is 33.2 Å². The second kappa shape index (κ2) is 12.1. The van der Waals surface area contributed by atoms with Gasteiger partial charge in [-0.05, 0) is 53.7 Å². The molecular formula is C22H38N6O3. The first kappa shape index (κ1) is 26.2. The lowest BCUT2D eigenvalue weighted by atomic mass is 10.1. The van der Waals surface area contributed by atoms with Crippen LogP contribution in [0.1, 0.15) is 47.2 Å². The van der Waals surface area contributed by atoms with E-state index >= 15 is 0 Å². The zero-order chi connectivity index (χ0) is 23.5. The summed E-state index contributed by atoms with van der Waals surface area (Å²) in [5.74, 6) is 0.423. The number of rotatable bonds is 9. The predicted molar refractivity (Wildman–Crippen MR) is 123 cm³/mol. The van der Waals surface area contributed by atoms with E-state index in [0.29, 0.717) is 32.0 Å². The van der Waals surface area contributed by atoms with E-state index in [-0.39, 0.29) is 12.5 Å². The van der Waals surface area contributed by atoms with Crippen LogP contribution in [0.25, 0.3) is 0 Å². The van der Waals surface area contributed by atoms with Crippen LogP contribution in [0, 0.1) is 0 Å². The van der Waals surface area contributed by atoms with E-state index in [1.165, 1.54) is 0 Å². The van der Waals surface area contributed by atoms with Crippen molar-refractivity contribution >= 4 is 18.0 Å². The van der Waals surface area contributed by atoms with E-state index in [4.69, 9.17) is 4.74 Å². The van der Waals surface area contributed by atoms with Gasteiger partial charge in [0.15, 0.2) is 5.96 Å². The van der Waals surface area contributed by atoms with Crippen molar-refractivity contribution in [3.8, 4) is 0 Å². The van der Waals surface area contributed by atoms with Gasteiger partial charge in [-0.3, -0.25) is 9.78 Å². The number of ether oxygens (including phenoxy) is 1. The minimum absolute atomic E-state index is 0.0218. The lowest BCUT2D eigenvalue weighted by molar-refractivity contribution is -0.128. The molecule has 174 valence electrons. The van der Waals surface area contributed by atoms with Gasteiger partial charge in [0.1, 0.15) is 12.1 Å². The van der Waals surface area contributed by atoms with Gasteiger partial charge in [0, 0.05) is 45.0 Å². The predicted octanol–water partition coefficient (Wildman–Crippen LogP) is 1.94. The minimum atomic E-state index is -0.581. The molecule has 1 rings (SSSR count). The van der Waals surface area contributed by atoms with Gasteiger partial charge in [-0.1, -0.05) is 6.07 Å². The third kappa shape index (κ3) is 11.8. The second-order valence-corrected chi connectivity index (χ2v) is 8.95. The van der Waals surface area contributed by atoms with Gasteiger partial charge >= 0.3 is 6.09 Å². The van der Waals surface area contributed by atoms with Crippen molar-refractivity contribution < 1.29 is 14.3 Å². The molecule has 2 amide bonds. The number of nitrogens with zero attached hydrogens (tertiary/aromatic N) is 3. The van der Waals surface area contributed by atoms with Crippen LogP contribution in [0.4, 0.5) is 4.79 Å². The van der Waals surface area contributed by atoms with E-state index < -0.39 is 17.2 Å². The number of aliphatic imine (C=N–C) groups is 1. The summed E-state index contributed by atoms with van der Waals surface area (Å²) in [5.41, 5.74) is -0.199. The fraction of sp³-hybridized carbons (Fsp3) is 0.636. The Morgan fingerprint density at radius 2 is 1.87 bits per heavy atom. The first-order valence-electron chi connectivity index (χ1n) is 10.6. The molecule has 0 spiro atoms. The number of hydrogen-bond acceptors (Lipinski definition) is 5. The number of likely N-dealkylation sites (N-methyl/N-ethyl adjacent to an activating group) is 1. The van der Waals surface area contributed by atoms with E-state index in [1.54, 1.807) is 18.1 Å². The van der Waals surface area contributed by atoms with Crippen LogP contribution in [0.2, 0.25) is 0 Å². The Morgan fingerprint density at radius 3 is 2.45 bits per heavy atom. The lowest BCUT2D eigenvalue weighted by Gasteiger charge is -2.29. The fourth-order valence-electron chi connectivity index (χ4n) is 2.49. The highest BCUT2D eigenvalue weighted by Crippen LogP contribution is 2.09. The standard InChI is InChI=1S/C22H38N6O3/c1-8-23-19(26-16-22(5,6)27-20(30)31-21(2,3)4)25-15-18(29)28(7)14-12-17-11-9-10-13-24-17/h9-11,13H,8,12,14-16H2,1-7H3,(H,27,30)(H2,23,25,26). The molecular weight excluding hydrogens is 396 g/mol. The topological polar surface area (TPSA) is 108 Å². The van der Waals surface area contributed by atoms with E-state index in [9.17, 15) is 9.59 Å². The lowest BCUT2D eigenvalue weighted by Crippen LogP contribution is -2.54. The van der Waals surface area contributed by atoms with E-state index in [1.807, 2.05) is 59.7 Å². The number of carbonyl (C=O) groups excluding carboxylic acids is 2. The molecule has 0 aliphatic carbocycles. The van der Waals surface area contributed by atoms with Crippen molar-refractivity contribution in [3.05, 3.63) is 30.1 Å². The van der Waals surface area contributed by atoms with Crippen LogP contribution in [-0.4, -0.2) is 72.2 Å². The Kier molecular flexibility index (Phi) is 10.2. The summed E-state index contributed by atoms with van der Waals surface area (Å²) in [6, 6.07) is 5.74. The average Bonchev–Trinajstić information content (AvgIpc) is 2.66. The molecule has 31 heavy (non-hydrogen) atoms. The van der Waals surface area contributed by atoms with Gasteiger partial charge in [-0.15, -0.1) is 0 Å². The van der Waals surface area contributed by atoms with Crippen molar-refractivity contribution in [2.45, 2.75) is 59.1 Å². The maximum atomic E-state index is 12.4. The van der Waals surface area contributed by atoms with Gasteiger partial charge in [0.25, 0.3) is 0 Å². The summed E-state index contributed by atoms with van der Waals surface area (Å²) in [7, 11) is 1.76. The second-order valence-electron chi connectivity index (χ2n) is 8.95. The molecule has 1 heterocycles. The molecule has 0 saturated carbocycles. The number of aromatic nitrogens is 1. The number of nitrogens with one attached hydrogen (secondary N) is 3. The molecule has 9 heteroatoms. The monoisotopic (exact) mass is 434 g/mol. The first-order chi connectivity index (χ1) is 14.4. The molecule has 0 saturated heterocycles. The maximum Gasteiger partial charge on any atom is 0.408 e. The van der Waals surface area contributed by atoms with E-state index in [2.05, 4.69) is 25.9 Å². The summed E-state index contributed by atoms with van der Waals surface area (Å²) in [6.45, 7) is 12.8. The summed E-state index contributed by atoms with van der Waals surface area (Å²) >= 11 is 0. The molecule has 0 fully saturated rings. The Morgan fingerprint density at radius 1 is 1.16 bits per heavy atom. The van der Waals surface area contributed by atoms with E-state index in [0.717, 1.165) is 5.69 Å². The highest BCUT2D eigenvalue weighted by atomic mass is 16.6. The van der Waals surface area contributed by atoms with Gasteiger partial charge in [0.05, 0.1) is 5.54 Å². The fourth-order valence-corrected chi connectivity index (χ4v) is 2.49. The Bertz CT molecular complexity index is 729. The molecule has 0 aliphatic rings. The van der Waals surface area contributed by atoms with Gasteiger partial charge in [-0.25, -0.2) is 9.79 Å². The van der Waals surface area contributed by atoms with Crippen LogP contribution >= 0.6 is 0 Å². The summed E-state index contributed by atoms with van der Waals surface area (Å²) in [4.78, 5) is 34.8. The third-order valence-corrected chi connectivity index (χ3v) is 4.11. The number of carbonyl (C=O) groups is 2. The molecule has 0 aromatic carbocycles. The molecule has 0 aliphatic heterocycles. The third-order valence-electron chi connectivity index (χ3n) is 4.11. The Labute approximate surface area is 186 Å². The Hall–Kier alpha value is -2.84.